The highest BCUT2D eigenvalue weighted by molar-refractivity contribution is 5.91. The number of alkyl carbamates (subject to hydrolysis) is 1. The number of hydrogen-bond donors (Lipinski definition) is 2. The molecule has 1 aliphatic rings. The van der Waals surface area contributed by atoms with Gasteiger partial charge in [-0.25, -0.2) is 4.79 Å². The van der Waals surface area contributed by atoms with E-state index in [0.717, 1.165) is 5.56 Å². The van der Waals surface area contributed by atoms with Crippen molar-refractivity contribution in [3.63, 3.8) is 0 Å². The zero-order chi connectivity index (χ0) is 19.8. The highest BCUT2D eigenvalue weighted by atomic mass is 16.5. The Kier molecular flexibility index (Phi) is 7.16. The molecule has 9 heteroatoms. The van der Waals surface area contributed by atoms with Gasteiger partial charge in [-0.15, -0.1) is 0 Å². The lowest BCUT2D eigenvalue weighted by molar-refractivity contribution is -0.307. The first-order valence-electron chi connectivity index (χ1n) is 8.63. The lowest BCUT2D eigenvalue weighted by Crippen LogP contribution is -2.53. The first-order chi connectivity index (χ1) is 12.9. The van der Waals surface area contributed by atoms with Gasteiger partial charge in [0.2, 0.25) is 11.8 Å². The maximum Gasteiger partial charge on any atom is 0.407 e. The monoisotopic (exact) mass is 376 g/mol. The predicted molar refractivity (Wildman–Crippen MR) is 92.0 cm³/mol. The molecule has 0 aromatic heterocycles. The summed E-state index contributed by atoms with van der Waals surface area (Å²) in [6, 6.07) is 7.18. The van der Waals surface area contributed by atoms with Gasteiger partial charge < -0.3 is 30.2 Å². The van der Waals surface area contributed by atoms with Crippen LogP contribution in [-0.4, -0.2) is 54.0 Å². The summed E-state index contributed by atoms with van der Waals surface area (Å²) < 4.78 is 5.02. The average molecular weight is 376 g/mol. The molecule has 1 fully saturated rings. The highest BCUT2D eigenvalue weighted by Crippen LogP contribution is 2.17. The van der Waals surface area contributed by atoms with Crippen molar-refractivity contribution >= 4 is 23.9 Å². The molecule has 0 spiro atoms. The molecule has 0 radical (unpaired) electrons. The molecule has 0 unspecified atom stereocenters. The number of carboxylic acid groups (broad SMARTS) is 1. The number of ether oxygens (including phenoxy) is 1. The van der Waals surface area contributed by atoms with Crippen LogP contribution in [0, 0.1) is 0 Å². The van der Waals surface area contributed by atoms with Crippen LogP contribution in [0.25, 0.3) is 0 Å². The van der Waals surface area contributed by atoms with Gasteiger partial charge in [-0.05, 0) is 25.3 Å². The largest absolute Gasteiger partial charge is 0.548 e. The minimum atomic E-state index is -1.40. The van der Waals surface area contributed by atoms with E-state index in [9.17, 15) is 24.3 Å². The van der Waals surface area contributed by atoms with Gasteiger partial charge in [-0.3, -0.25) is 9.59 Å². The minimum absolute atomic E-state index is 0.0801. The summed E-state index contributed by atoms with van der Waals surface area (Å²) in [7, 11) is 0. The van der Waals surface area contributed by atoms with Crippen molar-refractivity contribution in [3.05, 3.63) is 35.9 Å². The van der Waals surface area contributed by atoms with Gasteiger partial charge in [0.15, 0.2) is 0 Å². The van der Waals surface area contributed by atoms with Crippen LogP contribution >= 0.6 is 0 Å². The third-order valence-corrected chi connectivity index (χ3v) is 4.18. The number of carboxylic acids is 1. The van der Waals surface area contributed by atoms with Crippen LogP contribution in [0.1, 0.15) is 25.3 Å². The highest BCUT2D eigenvalue weighted by Gasteiger charge is 2.34. The molecule has 2 N–H and O–H groups in total. The van der Waals surface area contributed by atoms with E-state index in [1.54, 1.807) is 12.1 Å². The standard InChI is InChI=1S/C18H23N3O6/c1-12(17(24)25)20-16(23)14-8-5-9-21(14)15(22)10-19-18(26)27-11-13-6-3-2-4-7-13/h2-4,6-7,12,14H,5,8-11H2,1H3,(H,19,26)(H,20,23)(H,24,25)/p-1/t12-,14-/m0/s1. The molecular formula is C18H22N3O6-. The van der Waals surface area contributed by atoms with E-state index in [0.29, 0.717) is 19.4 Å². The Hall–Kier alpha value is -3.10. The zero-order valence-electron chi connectivity index (χ0n) is 15.0. The van der Waals surface area contributed by atoms with Crippen molar-refractivity contribution in [2.24, 2.45) is 0 Å². The minimum Gasteiger partial charge on any atom is -0.548 e. The lowest BCUT2D eigenvalue weighted by Gasteiger charge is -2.25. The summed E-state index contributed by atoms with van der Waals surface area (Å²) in [4.78, 5) is 48.3. The van der Waals surface area contributed by atoms with E-state index in [4.69, 9.17) is 4.74 Å². The maximum atomic E-state index is 12.3. The summed E-state index contributed by atoms with van der Waals surface area (Å²) in [5.41, 5.74) is 0.817. The van der Waals surface area contributed by atoms with Crippen molar-refractivity contribution in [1.82, 2.24) is 15.5 Å². The van der Waals surface area contributed by atoms with Crippen LogP contribution in [0.3, 0.4) is 0 Å². The van der Waals surface area contributed by atoms with Crippen LogP contribution in [0.15, 0.2) is 30.3 Å². The number of likely N-dealkylation sites (tertiary alicyclic amines) is 1. The van der Waals surface area contributed by atoms with Gasteiger partial charge >= 0.3 is 6.09 Å². The van der Waals surface area contributed by atoms with Gasteiger partial charge in [-0.1, -0.05) is 30.3 Å². The normalized spacial score (nSPS) is 17.1. The van der Waals surface area contributed by atoms with E-state index in [2.05, 4.69) is 10.6 Å². The molecule has 2 rings (SSSR count). The fourth-order valence-electron chi connectivity index (χ4n) is 2.73. The summed E-state index contributed by atoms with van der Waals surface area (Å²) in [6.45, 7) is 1.42. The molecule has 1 aromatic rings. The summed E-state index contributed by atoms with van der Waals surface area (Å²) in [5, 5.41) is 15.4. The van der Waals surface area contributed by atoms with Gasteiger partial charge in [0.25, 0.3) is 0 Å². The molecular weight excluding hydrogens is 354 g/mol. The van der Waals surface area contributed by atoms with Crippen LogP contribution < -0.4 is 15.7 Å². The van der Waals surface area contributed by atoms with E-state index in [-0.39, 0.29) is 13.2 Å². The first-order valence-corrected chi connectivity index (χ1v) is 8.63. The summed E-state index contributed by atoms with van der Waals surface area (Å²) in [5.74, 6) is -2.39. The van der Waals surface area contributed by atoms with Crippen molar-refractivity contribution in [2.75, 3.05) is 13.1 Å². The summed E-state index contributed by atoms with van der Waals surface area (Å²) in [6.07, 6.45) is 0.301. The Morgan fingerprint density at radius 2 is 1.96 bits per heavy atom. The van der Waals surface area contributed by atoms with E-state index < -0.39 is 36.0 Å². The Labute approximate surface area is 156 Å². The number of carbonyl (C=O) groups excluding carboxylic acids is 4. The molecule has 27 heavy (non-hydrogen) atoms. The van der Waals surface area contributed by atoms with E-state index in [1.165, 1.54) is 11.8 Å². The van der Waals surface area contributed by atoms with E-state index >= 15 is 0 Å². The third-order valence-electron chi connectivity index (χ3n) is 4.18. The molecule has 9 nitrogen and oxygen atoms in total. The Morgan fingerprint density at radius 1 is 1.26 bits per heavy atom. The number of benzene rings is 1. The third kappa shape index (κ3) is 5.98. The number of hydrogen-bond acceptors (Lipinski definition) is 6. The van der Waals surface area contributed by atoms with Gasteiger partial charge in [0, 0.05) is 6.54 Å². The Morgan fingerprint density at radius 3 is 2.63 bits per heavy atom. The maximum absolute atomic E-state index is 12.3. The SMILES string of the molecule is C[C@H](NC(=O)[C@@H]1CCCN1C(=O)CNC(=O)OCc1ccccc1)C(=O)[O-]. The molecule has 146 valence electrons. The van der Waals surface area contributed by atoms with Gasteiger partial charge in [0.1, 0.15) is 19.2 Å². The fraction of sp³-hybridized carbons (Fsp3) is 0.444. The smallest absolute Gasteiger partial charge is 0.407 e. The van der Waals surface area contributed by atoms with Crippen LogP contribution in [0.5, 0.6) is 0 Å². The van der Waals surface area contributed by atoms with Crippen molar-refractivity contribution in [1.29, 1.82) is 0 Å². The molecule has 1 aliphatic heterocycles. The van der Waals surface area contributed by atoms with Crippen LogP contribution in [0.2, 0.25) is 0 Å². The molecule has 0 aliphatic carbocycles. The molecule has 1 saturated heterocycles. The fourth-order valence-corrected chi connectivity index (χ4v) is 2.73. The Balaban J connectivity index is 1.79. The van der Waals surface area contributed by atoms with Crippen molar-refractivity contribution in [2.45, 2.75) is 38.5 Å². The predicted octanol–water partition coefficient (Wildman–Crippen LogP) is -0.842. The number of aliphatic carboxylic acids is 1. The first kappa shape index (κ1) is 20.2. The Bertz CT molecular complexity index is 694. The molecule has 0 saturated carbocycles. The van der Waals surface area contributed by atoms with Gasteiger partial charge in [-0.2, -0.15) is 0 Å². The number of rotatable bonds is 7. The molecule has 2 atom stereocenters. The number of nitrogens with one attached hydrogen (secondary N) is 2. The second kappa shape index (κ2) is 9.56. The molecule has 1 aromatic carbocycles. The molecule has 3 amide bonds. The van der Waals surface area contributed by atoms with Gasteiger partial charge in [0.05, 0.1) is 12.0 Å². The number of amides is 3. The van der Waals surface area contributed by atoms with Crippen LogP contribution in [-0.2, 0) is 25.7 Å². The quantitative estimate of drug-likeness (QED) is 0.639. The lowest BCUT2D eigenvalue weighted by atomic mass is 10.2. The van der Waals surface area contributed by atoms with E-state index in [1.807, 2.05) is 18.2 Å². The van der Waals surface area contributed by atoms with Crippen molar-refractivity contribution in [3.8, 4) is 0 Å². The molecule has 0 bridgehead atoms. The average Bonchev–Trinajstić information content (AvgIpc) is 3.15. The number of nitrogens with zero attached hydrogens (tertiary/aromatic N) is 1. The number of carbonyl (C=O) groups is 4. The second-order valence-corrected chi connectivity index (χ2v) is 6.21. The molecule has 1 heterocycles. The van der Waals surface area contributed by atoms with Crippen LogP contribution in [0.4, 0.5) is 4.79 Å². The summed E-state index contributed by atoms with van der Waals surface area (Å²) >= 11 is 0. The van der Waals surface area contributed by atoms with Crippen molar-refractivity contribution < 1.29 is 29.0 Å². The second-order valence-electron chi connectivity index (χ2n) is 6.21. The zero-order valence-corrected chi connectivity index (χ0v) is 15.0. The topological polar surface area (TPSA) is 128 Å².